The van der Waals surface area contributed by atoms with Gasteiger partial charge in [0.1, 0.15) is 6.61 Å². The number of carbonyl (C=O) groups excluding carboxylic acids is 1. The highest BCUT2D eigenvalue weighted by atomic mass is 16.5. The van der Waals surface area contributed by atoms with Crippen LogP contribution in [0.3, 0.4) is 0 Å². The predicted molar refractivity (Wildman–Crippen MR) is 72.7 cm³/mol. The van der Waals surface area contributed by atoms with Crippen LogP contribution < -0.4 is 4.74 Å². The number of likely N-dealkylation sites (N-methyl/N-ethyl adjacent to an activating group) is 1. The quantitative estimate of drug-likeness (QED) is 0.765. The summed E-state index contributed by atoms with van der Waals surface area (Å²) in [5.41, 5.74) is 0.359. The van der Waals surface area contributed by atoms with Gasteiger partial charge in [-0.15, -0.1) is 0 Å². The van der Waals surface area contributed by atoms with Crippen LogP contribution in [0.1, 0.15) is 24.2 Å². The third kappa shape index (κ3) is 4.44. The minimum atomic E-state index is -0.450. The lowest BCUT2D eigenvalue weighted by atomic mass is 10.2. The first-order valence-corrected chi connectivity index (χ1v) is 6.38. The summed E-state index contributed by atoms with van der Waals surface area (Å²) in [4.78, 5) is 13.6. The molecule has 19 heavy (non-hydrogen) atoms. The molecular formula is C14H21NO4. The van der Waals surface area contributed by atoms with Crippen LogP contribution in [0.25, 0.3) is 0 Å². The molecule has 1 aromatic rings. The van der Waals surface area contributed by atoms with Gasteiger partial charge in [-0.1, -0.05) is 13.8 Å². The molecule has 0 aromatic heterocycles. The first kappa shape index (κ1) is 15.3. The second kappa shape index (κ2) is 7.63. The molecule has 0 heterocycles. The van der Waals surface area contributed by atoms with Gasteiger partial charge in [0.2, 0.25) is 0 Å². The van der Waals surface area contributed by atoms with E-state index in [1.165, 1.54) is 25.3 Å². The molecule has 0 spiro atoms. The zero-order valence-electron chi connectivity index (χ0n) is 11.7. The van der Waals surface area contributed by atoms with Crippen LogP contribution in [0.4, 0.5) is 0 Å². The van der Waals surface area contributed by atoms with Gasteiger partial charge in [-0.2, -0.15) is 0 Å². The smallest absolute Gasteiger partial charge is 0.337 e. The van der Waals surface area contributed by atoms with Crippen molar-refractivity contribution >= 4 is 5.97 Å². The van der Waals surface area contributed by atoms with Crippen molar-refractivity contribution in [2.75, 3.05) is 33.4 Å². The van der Waals surface area contributed by atoms with Crippen LogP contribution in [-0.2, 0) is 4.74 Å². The molecule has 0 unspecified atom stereocenters. The lowest BCUT2D eigenvalue weighted by Crippen LogP contribution is -2.27. The lowest BCUT2D eigenvalue weighted by Gasteiger charge is -2.18. The van der Waals surface area contributed by atoms with Gasteiger partial charge in [0, 0.05) is 6.54 Å². The van der Waals surface area contributed by atoms with E-state index in [2.05, 4.69) is 23.5 Å². The van der Waals surface area contributed by atoms with Gasteiger partial charge in [-0.05, 0) is 31.3 Å². The number of nitrogens with zero attached hydrogens (tertiary/aromatic N) is 1. The van der Waals surface area contributed by atoms with Gasteiger partial charge in [0.05, 0.1) is 12.7 Å². The Morgan fingerprint density at radius 2 is 2.00 bits per heavy atom. The Morgan fingerprint density at radius 3 is 2.58 bits per heavy atom. The van der Waals surface area contributed by atoms with Crippen LogP contribution in [0.5, 0.6) is 11.5 Å². The van der Waals surface area contributed by atoms with Crippen molar-refractivity contribution in [2.24, 2.45) is 0 Å². The number of hydrogen-bond donors (Lipinski definition) is 1. The van der Waals surface area contributed by atoms with E-state index in [9.17, 15) is 9.90 Å². The topological polar surface area (TPSA) is 59.0 Å². The predicted octanol–water partition coefficient (Wildman–Crippen LogP) is 1.90. The molecule has 0 aliphatic carbocycles. The van der Waals surface area contributed by atoms with E-state index in [0.29, 0.717) is 17.9 Å². The third-order valence-electron chi connectivity index (χ3n) is 2.94. The lowest BCUT2D eigenvalue weighted by molar-refractivity contribution is 0.0600. The molecule has 0 aliphatic rings. The van der Waals surface area contributed by atoms with E-state index < -0.39 is 5.97 Å². The molecule has 0 bridgehead atoms. The fourth-order valence-electron chi connectivity index (χ4n) is 1.70. The second-order valence-corrected chi connectivity index (χ2v) is 4.05. The Kier molecular flexibility index (Phi) is 6.15. The van der Waals surface area contributed by atoms with Crippen LogP contribution in [0, 0.1) is 0 Å². The summed E-state index contributed by atoms with van der Waals surface area (Å²) in [7, 11) is 1.32. The minimum Gasteiger partial charge on any atom is -0.504 e. The van der Waals surface area contributed by atoms with Gasteiger partial charge in [0.25, 0.3) is 0 Å². The van der Waals surface area contributed by atoms with Gasteiger partial charge in [0.15, 0.2) is 11.5 Å². The molecule has 0 fully saturated rings. The van der Waals surface area contributed by atoms with Crippen molar-refractivity contribution in [1.29, 1.82) is 0 Å². The number of ether oxygens (including phenoxy) is 2. The van der Waals surface area contributed by atoms with Crippen LogP contribution in [0.15, 0.2) is 18.2 Å². The zero-order valence-corrected chi connectivity index (χ0v) is 11.7. The van der Waals surface area contributed by atoms with E-state index in [1.54, 1.807) is 0 Å². The molecule has 1 N–H and O–H groups in total. The van der Waals surface area contributed by atoms with Crippen molar-refractivity contribution in [3.8, 4) is 11.5 Å². The molecule has 0 amide bonds. The average molecular weight is 267 g/mol. The summed E-state index contributed by atoms with van der Waals surface area (Å²) in [5, 5.41) is 9.68. The Labute approximate surface area is 113 Å². The average Bonchev–Trinajstić information content (AvgIpc) is 2.44. The molecule has 5 heteroatoms. The largest absolute Gasteiger partial charge is 0.504 e. The normalized spacial score (nSPS) is 10.5. The first-order chi connectivity index (χ1) is 9.12. The fourth-order valence-corrected chi connectivity index (χ4v) is 1.70. The van der Waals surface area contributed by atoms with E-state index in [-0.39, 0.29) is 5.75 Å². The number of aromatic hydroxyl groups is 1. The Morgan fingerprint density at radius 1 is 1.32 bits per heavy atom. The molecular weight excluding hydrogens is 246 g/mol. The van der Waals surface area contributed by atoms with Crippen molar-refractivity contribution in [3.05, 3.63) is 23.8 Å². The standard InChI is InChI=1S/C14H21NO4/c1-4-15(5-2)8-9-19-13-10-11(14(17)18-3)6-7-12(13)16/h6-7,10,16H,4-5,8-9H2,1-3H3. The van der Waals surface area contributed by atoms with Crippen molar-refractivity contribution in [1.82, 2.24) is 4.90 Å². The van der Waals surface area contributed by atoms with Gasteiger partial charge >= 0.3 is 5.97 Å². The highest BCUT2D eigenvalue weighted by Crippen LogP contribution is 2.27. The molecule has 106 valence electrons. The monoisotopic (exact) mass is 267 g/mol. The molecule has 5 nitrogen and oxygen atoms in total. The summed E-state index contributed by atoms with van der Waals surface area (Å²) >= 11 is 0. The van der Waals surface area contributed by atoms with E-state index in [4.69, 9.17) is 4.74 Å². The molecule has 0 radical (unpaired) electrons. The maximum atomic E-state index is 11.4. The SMILES string of the molecule is CCN(CC)CCOc1cc(C(=O)OC)ccc1O. The van der Waals surface area contributed by atoms with Crippen molar-refractivity contribution < 1.29 is 19.4 Å². The van der Waals surface area contributed by atoms with Crippen molar-refractivity contribution in [3.63, 3.8) is 0 Å². The summed E-state index contributed by atoms with van der Waals surface area (Å²) in [6.45, 7) is 7.30. The molecule has 0 saturated heterocycles. The first-order valence-electron chi connectivity index (χ1n) is 6.38. The Hall–Kier alpha value is -1.75. The maximum absolute atomic E-state index is 11.4. The molecule has 1 aromatic carbocycles. The van der Waals surface area contributed by atoms with E-state index in [0.717, 1.165) is 19.6 Å². The maximum Gasteiger partial charge on any atom is 0.337 e. The molecule has 0 aliphatic heterocycles. The number of hydrogen-bond acceptors (Lipinski definition) is 5. The summed E-state index contributed by atoms with van der Waals surface area (Å²) in [6.07, 6.45) is 0. The molecule has 1 rings (SSSR count). The summed E-state index contributed by atoms with van der Waals surface area (Å²) < 4.78 is 10.1. The third-order valence-corrected chi connectivity index (χ3v) is 2.94. The summed E-state index contributed by atoms with van der Waals surface area (Å²) in [5.74, 6) is -0.129. The number of methoxy groups -OCH3 is 1. The molecule has 0 saturated carbocycles. The van der Waals surface area contributed by atoms with Crippen LogP contribution in [0.2, 0.25) is 0 Å². The van der Waals surface area contributed by atoms with Crippen LogP contribution >= 0.6 is 0 Å². The highest BCUT2D eigenvalue weighted by Gasteiger charge is 2.10. The second-order valence-electron chi connectivity index (χ2n) is 4.05. The number of rotatable bonds is 7. The Balaban J connectivity index is 2.64. The number of phenols is 1. The Bertz CT molecular complexity index is 416. The van der Waals surface area contributed by atoms with Gasteiger partial charge in [-0.25, -0.2) is 4.79 Å². The highest BCUT2D eigenvalue weighted by molar-refractivity contribution is 5.90. The molecule has 0 atom stereocenters. The number of phenolic OH excluding ortho intramolecular Hbond substituents is 1. The fraction of sp³-hybridized carbons (Fsp3) is 0.500. The minimum absolute atomic E-state index is 0.0206. The summed E-state index contributed by atoms with van der Waals surface area (Å²) in [6, 6.07) is 4.42. The van der Waals surface area contributed by atoms with Gasteiger partial charge < -0.3 is 19.5 Å². The van der Waals surface area contributed by atoms with E-state index in [1.807, 2.05) is 0 Å². The van der Waals surface area contributed by atoms with Crippen molar-refractivity contribution in [2.45, 2.75) is 13.8 Å². The number of carbonyl (C=O) groups is 1. The van der Waals surface area contributed by atoms with Crippen LogP contribution in [-0.4, -0.2) is 49.3 Å². The number of benzene rings is 1. The van der Waals surface area contributed by atoms with E-state index >= 15 is 0 Å². The zero-order chi connectivity index (χ0) is 14.3. The van der Waals surface area contributed by atoms with Gasteiger partial charge in [-0.3, -0.25) is 0 Å². The number of esters is 1.